The molecule has 4 aromatic rings. The zero-order valence-corrected chi connectivity index (χ0v) is 18.0. The van der Waals surface area contributed by atoms with Crippen molar-refractivity contribution in [3.05, 3.63) is 83.7 Å². The van der Waals surface area contributed by atoms with Crippen molar-refractivity contribution in [3.8, 4) is 16.9 Å². The lowest BCUT2D eigenvalue weighted by Crippen LogP contribution is -2.17. The van der Waals surface area contributed by atoms with Crippen LogP contribution in [-0.2, 0) is 6.54 Å². The first-order valence-corrected chi connectivity index (χ1v) is 10.7. The minimum Gasteiger partial charge on any atom is -0.496 e. The van der Waals surface area contributed by atoms with Gasteiger partial charge in [-0.1, -0.05) is 12.1 Å². The lowest BCUT2D eigenvalue weighted by Gasteiger charge is -2.22. The Labute approximate surface area is 186 Å². The molecule has 0 saturated heterocycles. The van der Waals surface area contributed by atoms with E-state index in [2.05, 4.69) is 15.4 Å². The molecule has 32 heavy (non-hydrogen) atoms. The Hall–Kier alpha value is -3.74. The second kappa shape index (κ2) is 8.42. The van der Waals surface area contributed by atoms with Gasteiger partial charge in [-0.3, -0.25) is 4.98 Å². The third kappa shape index (κ3) is 3.93. The van der Waals surface area contributed by atoms with Crippen LogP contribution in [0.2, 0.25) is 0 Å². The molecule has 1 aliphatic heterocycles. The Bertz CT molecular complexity index is 1250. The Morgan fingerprint density at radius 2 is 1.94 bits per heavy atom. The van der Waals surface area contributed by atoms with E-state index in [4.69, 9.17) is 9.72 Å². The fraction of sp³-hybridized carbons (Fsp3) is 0.240. The van der Waals surface area contributed by atoms with E-state index >= 15 is 0 Å². The minimum absolute atomic E-state index is 0.110. The van der Waals surface area contributed by atoms with Gasteiger partial charge in [0.05, 0.1) is 7.11 Å². The highest BCUT2D eigenvalue weighted by Crippen LogP contribution is 2.35. The molecule has 1 unspecified atom stereocenters. The molecule has 0 aliphatic carbocycles. The summed E-state index contributed by atoms with van der Waals surface area (Å²) in [6.45, 7) is 2.79. The summed E-state index contributed by atoms with van der Waals surface area (Å²) >= 11 is 0. The van der Waals surface area contributed by atoms with Gasteiger partial charge >= 0.3 is 0 Å². The average molecular weight is 429 g/mol. The monoisotopic (exact) mass is 429 g/mol. The molecule has 162 valence electrons. The first kappa shape index (κ1) is 20.2. The molecule has 7 heteroatoms. The highest BCUT2D eigenvalue weighted by Gasteiger charge is 2.26. The highest BCUT2D eigenvalue weighted by atomic mass is 19.1. The normalized spacial score (nSPS) is 15.3. The van der Waals surface area contributed by atoms with E-state index < -0.39 is 0 Å². The van der Waals surface area contributed by atoms with Crippen LogP contribution in [0.25, 0.3) is 11.1 Å². The molecule has 6 nitrogen and oxygen atoms in total. The van der Waals surface area contributed by atoms with Gasteiger partial charge in [-0.05, 0) is 67.3 Å². The number of pyridine rings is 1. The van der Waals surface area contributed by atoms with Gasteiger partial charge in [0.2, 0.25) is 5.95 Å². The Morgan fingerprint density at radius 1 is 1.09 bits per heavy atom. The lowest BCUT2D eigenvalue weighted by molar-refractivity contribution is 0.416. The smallest absolute Gasteiger partial charge is 0.246 e. The first-order valence-electron chi connectivity index (χ1n) is 10.7. The molecular formula is C25H24FN5O. The van der Waals surface area contributed by atoms with Crippen LogP contribution in [0.1, 0.15) is 35.8 Å². The number of halogens is 1. The number of anilines is 2. The number of aromatic nitrogens is 4. The van der Waals surface area contributed by atoms with Gasteiger partial charge in [-0.2, -0.15) is 4.98 Å². The number of benzene rings is 2. The van der Waals surface area contributed by atoms with Crippen LogP contribution in [0.4, 0.5) is 16.0 Å². The maximum absolute atomic E-state index is 13.4. The van der Waals surface area contributed by atoms with Gasteiger partial charge in [0.15, 0.2) is 0 Å². The molecule has 5 rings (SSSR count). The molecule has 2 aromatic carbocycles. The van der Waals surface area contributed by atoms with Gasteiger partial charge < -0.3 is 10.1 Å². The van der Waals surface area contributed by atoms with Crippen LogP contribution in [0.5, 0.6) is 5.75 Å². The predicted octanol–water partition coefficient (Wildman–Crippen LogP) is 5.47. The Balaban J connectivity index is 1.42. The lowest BCUT2D eigenvalue weighted by atomic mass is 9.91. The summed E-state index contributed by atoms with van der Waals surface area (Å²) in [6.07, 6.45) is 3.77. The van der Waals surface area contributed by atoms with Gasteiger partial charge in [0.1, 0.15) is 17.4 Å². The first-order chi connectivity index (χ1) is 15.6. The zero-order valence-electron chi connectivity index (χ0n) is 18.0. The molecule has 0 saturated carbocycles. The van der Waals surface area contributed by atoms with Crippen molar-refractivity contribution < 1.29 is 9.13 Å². The third-order valence-corrected chi connectivity index (χ3v) is 5.81. The maximum atomic E-state index is 13.4. The third-order valence-electron chi connectivity index (χ3n) is 5.81. The molecule has 2 aromatic heterocycles. The van der Waals surface area contributed by atoms with E-state index in [0.717, 1.165) is 59.0 Å². The second-order valence-electron chi connectivity index (χ2n) is 7.99. The van der Waals surface area contributed by atoms with Crippen LogP contribution in [0.15, 0.2) is 60.8 Å². The predicted molar refractivity (Wildman–Crippen MR) is 122 cm³/mol. The van der Waals surface area contributed by atoms with E-state index in [1.54, 1.807) is 13.3 Å². The van der Waals surface area contributed by atoms with Crippen LogP contribution >= 0.6 is 0 Å². The highest BCUT2D eigenvalue weighted by molar-refractivity contribution is 5.74. The van der Waals surface area contributed by atoms with Crippen LogP contribution in [-0.4, -0.2) is 26.9 Å². The standard InChI is InChI=1S/C25H24FN5O/c1-16-14-18(11-12-27-16)21-10-9-20(15-23(21)32-2)28-25-29-24-22(4-3-13-31(24)30-25)17-5-7-19(26)8-6-17/h5-12,14-15,22H,3-4,13H2,1-2H3,(H,28,30). The van der Waals surface area contributed by atoms with Gasteiger partial charge in [0.25, 0.3) is 0 Å². The van der Waals surface area contributed by atoms with E-state index in [1.807, 2.05) is 54.1 Å². The summed E-state index contributed by atoms with van der Waals surface area (Å²) in [7, 11) is 1.66. The van der Waals surface area contributed by atoms with Crippen molar-refractivity contribution >= 4 is 11.6 Å². The fourth-order valence-corrected chi connectivity index (χ4v) is 4.26. The zero-order chi connectivity index (χ0) is 22.1. The number of hydrogen-bond donors (Lipinski definition) is 1. The molecular weight excluding hydrogens is 405 g/mol. The number of ether oxygens (including phenoxy) is 1. The van der Waals surface area contributed by atoms with Gasteiger partial charge in [-0.25, -0.2) is 9.07 Å². The number of nitrogens with zero attached hydrogens (tertiary/aromatic N) is 4. The SMILES string of the molecule is COc1cc(Nc2nc3n(n2)CCCC3c2ccc(F)cc2)ccc1-c1ccnc(C)c1. The average Bonchev–Trinajstić information content (AvgIpc) is 3.22. The topological polar surface area (TPSA) is 64.9 Å². The number of hydrogen-bond acceptors (Lipinski definition) is 5. The Kier molecular flexibility index (Phi) is 5.31. The van der Waals surface area contributed by atoms with Crippen LogP contribution in [0, 0.1) is 12.7 Å². The van der Waals surface area contributed by atoms with Crippen LogP contribution in [0.3, 0.4) is 0 Å². The van der Waals surface area contributed by atoms with E-state index in [-0.39, 0.29) is 11.7 Å². The van der Waals surface area contributed by atoms with Crippen molar-refractivity contribution in [2.24, 2.45) is 0 Å². The minimum atomic E-state index is -0.229. The number of nitrogens with one attached hydrogen (secondary N) is 1. The van der Waals surface area contributed by atoms with Crippen molar-refractivity contribution in [1.29, 1.82) is 0 Å². The molecule has 0 radical (unpaired) electrons. The maximum Gasteiger partial charge on any atom is 0.246 e. The van der Waals surface area contributed by atoms with Crippen molar-refractivity contribution in [2.45, 2.75) is 32.2 Å². The summed E-state index contributed by atoms with van der Waals surface area (Å²) in [5.74, 6) is 2.09. The Morgan fingerprint density at radius 3 is 2.72 bits per heavy atom. The molecule has 1 N–H and O–H groups in total. The fourth-order valence-electron chi connectivity index (χ4n) is 4.26. The second-order valence-corrected chi connectivity index (χ2v) is 7.99. The largest absolute Gasteiger partial charge is 0.496 e. The van der Waals surface area contributed by atoms with Crippen molar-refractivity contribution in [1.82, 2.24) is 19.7 Å². The van der Waals surface area contributed by atoms with Crippen molar-refractivity contribution in [3.63, 3.8) is 0 Å². The molecule has 1 atom stereocenters. The summed E-state index contributed by atoms with van der Waals surface area (Å²) in [5, 5.41) is 7.97. The van der Waals surface area contributed by atoms with E-state index in [0.29, 0.717) is 5.95 Å². The van der Waals surface area contributed by atoms with E-state index in [9.17, 15) is 4.39 Å². The number of aryl methyl sites for hydroxylation is 2. The van der Waals surface area contributed by atoms with Crippen molar-refractivity contribution in [2.75, 3.05) is 12.4 Å². The molecule has 0 spiro atoms. The molecule has 1 aliphatic rings. The molecule has 0 fully saturated rings. The summed E-state index contributed by atoms with van der Waals surface area (Å²) in [6, 6.07) is 16.6. The van der Waals surface area contributed by atoms with Gasteiger partial charge in [0, 0.05) is 41.7 Å². The number of fused-ring (bicyclic) bond motifs is 1. The summed E-state index contributed by atoms with van der Waals surface area (Å²) < 4.78 is 21.0. The summed E-state index contributed by atoms with van der Waals surface area (Å²) in [4.78, 5) is 9.04. The molecule has 3 heterocycles. The van der Waals surface area contributed by atoms with E-state index in [1.165, 1.54) is 12.1 Å². The molecule has 0 bridgehead atoms. The quantitative estimate of drug-likeness (QED) is 0.456. The van der Waals surface area contributed by atoms with Crippen LogP contribution < -0.4 is 10.1 Å². The van der Waals surface area contributed by atoms with Gasteiger partial charge in [-0.15, -0.1) is 5.10 Å². The number of rotatable bonds is 5. The molecule has 0 amide bonds. The number of methoxy groups -OCH3 is 1. The summed E-state index contributed by atoms with van der Waals surface area (Å²) in [5.41, 5.74) is 4.91.